The third-order valence-electron chi connectivity index (χ3n) is 5.38. The van der Waals surface area contributed by atoms with Crippen LogP contribution in [0.25, 0.3) is 17.0 Å². The number of carbonyl (C=O) groups is 1. The Labute approximate surface area is 165 Å². The maximum absolute atomic E-state index is 11.0. The van der Waals surface area contributed by atoms with E-state index in [9.17, 15) is 9.90 Å². The second-order valence-corrected chi connectivity index (χ2v) is 7.26. The summed E-state index contributed by atoms with van der Waals surface area (Å²) in [4.78, 5) is 19.5. The fourth-order valence-electron chi connectivity index (χ4n) is 3.94. The second-order valence-electron chi connectivity index (χ2n) is 7.26. The van der Waals surface area contributed by atoms with Crippen LogP contribution in [0.15, 0.2) is 42.9 Å². The summed E-state index contributed by atoms with van der Waals surface area (Å²) in [5, 5.41) is 27.8. The smallest absolute Gasteiger partial charge is 0.338 e. The molecule has 0 amide bonds. The topological polar surface area (TPSA) is 119 Å². The third-order valence-corrected chi connectivity index (χ3v) is 5.38. The lowest BCUT2D eigenvalue weighted by Gasteiger charge is -2.10. The number of hydrogen-bond donors (Lipinski definition) is 2. The van der Waals surface area contributed by atoms with E-state index in [1.807, 2.05) is 0 Å². The van der Waals surface area contributed by atoms with Crippen LogP contribution in [0.5, 0.6) is 5.88 Å². The third kappa shape index (κ3) is 3.10. The van der Waals surface area contributed by atoms with E-state index in [-0.39, 0.29) is 17.4 Å². The zero-order valence-electron chi connectivity index (χ0n) is 15.4. The average Bonchev–Trinajstić information content (AvgIpc) is 3.43. The molecule has 4 aromatic rings. The largest absolute Gasteiger partial charge is 0.492 e. The zero-order valence-corrected chi connectivity index (χ0v) is 15.4. The number of fused-ring (bicyclic) bond motifs is 2. The molecule has 2 N–H and O–H groups in total. The number of hydrogen-bond acceptors (Lipinski definition) is 6. The van der Waals surface area contributed by atoms with Gasteiger partial charge in [0.15, 0.2) is 0 Å². The van der Waals surface area contributed by atoms with Crippen molar-refractivity contribution in [2.75, 3.05) is 0 Å². The van der Waals surface area contributed by atoms with Crippen LogP contribution in [0.4, 0.5) is 0 Å². The number of aryl methyl sites for hydroxylation is 1. The summed E-state index contributed by atoms with van der Waals surface area (Å²) in [7, 11) is 0. The van der Waals surface area contributed by atoms with Crippen molar-refractivity contribution in [1.29, 1.82) is 0 Å². The molecule has 0 unspecified atom stereocenters. The number of nitrogens with zero attached hydrogens (tertiary/aromatic N) is 6. The standard InChI is InChI=1S/C20H18N6O3/c27-18-17-16(23-20(24-18)26-11-15(9-21-26)19(28)29)10-22-25(17)6-5-12-7-13-3-1-2-4-14(13)8-12/h1-4,9-12H,5-8H2,(H,28,29)(H,23,24,27). The van der Waals surface area contributed by atoms with Crippen molar-refractivity contribution in [3.8, 4) is 11.8 Å². The van der Waals surface area contributed by atoms with Gasteiger partial charge in [0.25, 0.3) is 5.95 Å². The monoisotopic (exact) mass is 390 g/mol. The SMILES string of the molecule is O=C(O)c1cnn(-c2nc(O)c3c(cnn3CCC3Cc4ccccc4C3)n2)c1. The van der Waals surface area contributed by atoms with Crippen LogP contribution in [-0.2, 0) is 19.4 Å². The first-order chi connectivity index (χ1) is 14.1. The fourth-order valence-corrected chi connectivity index (χ4v) is 3.94. The molecule has 3 heterocycles. The van der Waals surface area contributed by atoms with E-state index in [4.69, 9.17) is 5.11 Å². The van der Waals surface area contributed by atoms with Gasteiger partial charge in [-0.05, 0) is 36.3 Å². The van der Waals surface area contributed by atoms with Gasteiger partial charge in [0.1, 0.15) is 11.0 Å². The molecule has 0 saturated heterocycles. The molecule has 1 aromatic carbocycles. The Morgan fingerprint density at radius 2 is 1.86 bits per heavy atom. The Kier molecular flexibility index (Phi) is 4.01. The van der Waals surface area contributed by atoms with Crippen LogP contribution < -0.4 is 0 Å². The van der Waals surface area contributed by atoms with Gasteiger partial charge in [-0.3, -0.25) is 4.68 Å². The number of aromatic nitrogens is 6. The van der Waals surface area contributed by atoms with E-state index in [2.05, 4.69) is 44.4 Å². The van der Waals surface area contributed by atoms with Crippen LogP contribution in [0.1, 0.15) is 27.9 Å². The summed E-state index contributed by atoms with van der Waals surface area (Å²) < 4.78 is 2.94. The first-order valence-electron chi connectivity index (χ1n) is 9.36. The van der Waals surface area contributed by atoms with Crippen LogP contribution >= 0.6 is 0 Å². The van der Waals surface area contributed by atoms with E-state index < -0.39 is 5.97 Å². The zero-order chi connectivity index (χ0) is 20.0. The van der Waals surface area contributed by atoms with Gasteiger partial charge in [-0.15, -0.1) is 0 Å². The average molecular weight is 390 g/mol. The molecule has 0 aliphatic heterocycles. The Morgan fingerprint density at radius 1 is 1.10 bits per heavy atom. The molecule has 0 fully saturated rings. The predicted octanol–water partition coefficient (Wildman–Crippen LogP) is 2.22. The van der Waals surface area contributed by atoms with Gasteiger partial charge < -0.3 is 10.2 Å². The predicted molar refractivity (Wildman–Crippen MR) is 103 cm³/mol. The number of rotatable bonds is 5. The van der Waals surface area contributed by atoms with E-state index in [1.54, 1.807) is 10.9 Å². The normalized spacial score (nSPS) is 13.8. The molecule has 3 aromatic heterocycles. The molecule has 1 aliphatic carbocycles. The fraction of sp³-hybridized carbons (Fsp3) is 0.250. The quantitative estimate of drug-likeness (QED) is 0.536. The lowest BCUT2D eigenvalue weighted by atomic mass is 10.0. The van der Waals surface area contributed by atoms with E-state index in [0.29, 0.717) is 23.5 Å². The summed E-state index contributed by atoms with van der Waals surface area (Å²) in [6.45, 7) is 0.656. The summed E-state index contributed by atoms with van der Waals surface area (Å²) in [6, 6.07) is 8.53. The Morgan fingerprint density at radius 3 is 2.55 bits per heavy atom. The Balaban J connectivity index is 1.37. The molecule has 0 radical (unpaired) electrons. The van der Waals surface area contributed by atoms with Gasteiger partial charge in [0.05, 0.1) is 18.0 Å². The minimum absolute atomic E-state index is 0.0152. The molecule has 0 spiro atoms. The minimum atomic E-state index is -1.09. The highest BCUT2D eigenvalue weighted by Gasteiger charge is 2.22. The molecule has 1 aliphatic rings. The van der Waals surface area contributed by atoms with Gasteiger partial charge in [0.2, 0.25) is 5.88 Å². The lowest BCUT2D eigenvalue weighted by Crippen LogP contribution is -2.08. The van der Waals surface area contributed by atoms with Crippen molar-refractivity contribution in [3.05, 3.63) is 59.5 Å². The highest BCUT2D eigenvalue weighted by atomic mass is 16.4. The Hall–Kier alpha value is -3.75. The summed E-state index contributed by atoms with van der Waals surface area (Å²) in [5.74, 6) is -0.659. The van der Waals surface area contributed by atoms with Crippen molar-refractivity contribution in [2.45, 2.75) is 25.8 Å². The highest BCUT2D eigenvalue weighted by molar-refractivity contribution is 5.87. The number of carboxylic acid groups (broad SMARTS) is 1. The number of carboxylic acids is 1. The highest BCUT2D eigenvalue weighted by Crippen LogP contribution is 2.30. The van der Waals surface area contributed by atoms with Crippen molar-refractivity contribution < 1.29 is 15.0 Å². The minimum Gasteiger partial charge on any atom is -0.492 e. The van der Waals surface area contributed by atoms with Crippen molar-refractivity contribution in [1.82, 2.24) is 29.5 Å². The van der Waals surface area contributed by atoms with Crippen LogP contribution in [-0.4, -0.2) is 45.7 Å². The van der Waals surface area contributed by atoms with Crippen LogP contribution in [0.3, 0.4) is 0 Å². The van der Waals surface area contributed by atoms with Gasteiger partial charge in [-0.2, -0.15) is 15.2 Å². The van der Waals surface area contributed by atoms with Crippen LogP contribution in [0, 0.1) is 5.92 Å². The molecule has 146 valence electrons. The van der Waals surface area contributed by atoms with Crippen molar-refractivity contribution in [2.24, 2.45) is 5.92 Å². The molecule has 9 heteroatoms. The maximum atomic E-state index is 11.0. The molecule has 29 heavy (non-hydrogen) atoms. The number of aromatic hydroxyl groups is 1. The first-order valence-corrected chi connectivity index (χ1v) is 9.36. The van der Waals surface area contributed by atoms with E-state index >= 15 is 0 Å². The van der Waals surface area contributed by atoms with Gasteiger partial charge in [-0.25, -0.2) is 14.5 Å². The molecular weight excluding hydrogens is 372 g/mol. The van der Waals surface area contributed by atoms with Gasteiger partial charge in [0, 0.05) is 12.7 Å². The van der Waals surface area contributed by atoms with Crippen molar-refractivity contribution >= 4 is 17.0 Å². The maximum Gasteiger partial charge on any atom is 0.338 e. The molecule has 5 rings (SSSR count). The molecule has 0 bridgehead atoms. The molecular formula is C20H18N6O3. The Bertz CT molecular complexity index is 1200. The number of aromatic carboxylic acids is 1. The van der Waals surface area contributed by atoms with E-state index in [0.717, 1.165) is 19.3 Å². The van der Waals surface area contributed by atoms with Gasteiger partial charge in [-0.1, -0.05) is 24.3 Å². The van der Waals surface area contributed by atoms with Gasteiger partial charge >= 0.3 is 5.97 Å². The number of benzene rings is 1. The molecule has 0 atom stereocenters. The summed E-state index contributed by atoms with van der Waals surface area (Å²) >= 11 is 0. The lowest BCUT2D eigenvalue weighted by molar-refractivity contribution is 0.0697. The van der Waals surface area contributed by atoms with Crippen molar-refractivity contribution in [3.63, 3.8) is 0 Å². The van der Waals surface area contributed by atoms with E-state index in [1.165, 1.54) is 28.2 Å². The summed E-state index contributed by atoms with van der Waals surface area (Å²) in [6.07, 6.45) is 7.14. The first kappa shape index (κ1) is 17.4. The second kappa shape index (κ2) is 6.69. The molecule has 9 nitrogen and oxygen atoms in total. The summed E-state index contributed by atoms with van der Waals surface area (Å²) in [5.41, 5.74) is 3.79. The molecule has 0 saturated carbocycles. The van der Waals surface area contributed by atoms with Crippen LogP contribution in [0.2, 0.25) is 0 Å².